The summed E-state index contributed by atoms with van der Waals surface area (Å²) >= 11 is 6.04. The van der Waals surface area contributed by atoms with Crippen LogP contribution in [0, 0.1) is 5.92 Å². The summed E-state index contributed by atoms with van der Waals surface area (Å²) in [5.74, 6) is 1.71. The van der Waals surface area contributed by atoms with Gasteiger partial charge in [-0.2, -0.15) is 0 Å². The second-order valence-corrected chi connectivity index (χ2v) is 4.48. The Labute approximate surface area is 101 Å². The molecule has 1 unspecified atom stereocenters. The van der Waals surface area contributed by atoms with Crippen molar-refractivity contribution >= 4 is 23.1 Å². The number of anilines is 2. The third kappa shape index (κ3) is 2.07. The van der Waals surface area contributed by atoms with E-state index >= 15 is 0 Å². The van der Waals surface area contributed by atoms with E-state index in [0.717, 1.165) is 30.5 Å². The third-order valence-corrected chi connectivity index (χ3v) is 3.48. The van der Waals surface area contributed by atoms with Crippen LogP contribution in [0.25, 0.3) is 0 Å². The van der Waals surface area contributed by atoms with Gasteiger partial charge in [-0.3, -0.25) is 0 Å². The molecular weight excluding hydrogens is 224 g/mol. The number of nitrogens with zero attached hydrogens (tertiary/aromatic N) is 3. The van der Waals surface area contributed by atoms with Crippen molar-refractivity contribution in [1.29, 1.82) is 0 Å². The molecule has 1 aromatic heterocycles. The molecule has 0 amide bonds. The summed E-state index contributed by atoms with van der Waals surface area (Å²) in [5.41, 5.74) is 0.834. The summed E-state index contributed by atoms with van der Waals surface area (Å²) in [6.07, 6.45) is 3.99. The van der Waals surface area contributed by atoms with E-state index in [1.54, 1.807) is 0 Å². The summed E-state index contributed by atoms with van der Waals surface area (Å²) in [6.45, 7) is 4.36. The fraction of sp³-hybridized carbons (Fsp3) is 0.636. The number of rotatable bonds is 3. The van der Waals surface area contributed by atoms with Gasteiger partial charge in [0, 0.05) is 20.1 Å². The average Bonchev–Trinajstić information content (AvgIpc) is 2.77. The standard InChI is InChI=1S/C11H17ClN4/c1-3-8-4-5-16(6-8)11-9(13-2)10(12)14-7-15-11/h7-8,13H,3-6H2,1-2H3. The Hall–Kier alpha value is -1.03. The maximum absolute atomic E-state index is 6.04. The lowest BCUT2D eigenvalue weighted by atomic mass is 10.1. The smallest absolute Gasteiger partial charge is 0.157 e. The van der Waals surface area contributed by atoms with Crippen molar-refractivity contribution in [3.63, 3.8) is 0 Å². The van der Waals surface area contributed by atoms with Gasteiger partial charge < -0.3 is 10.2 Å². The molecule has 0 bridgehead atoms. The second kappa shape index (κ2) is 4.87. The normalized spacial score (nSPS) is 20.2. The van der Waals surface area contributed by atoms with Crippen LogP contribution in [0.1, 0.15) is 19.8 Å². The van der Waals surface area contributed by atoms with Gasteiger partial charge in [0.1, 0.15) is 12.0 Å². The van der Waals surface area contributed by atoms with Crippen molar-refractivity contribution < 1.29 is 0 Å². The summed E-state index contributed by atoms with van der Waals surface area (Å²) < 4.78 is 0. The Morgan fingerprint density at radius 2 is 2.38 bits per heavy atom. The molecule has 1 saturated heterocycles. The minimum absolute atomic E-state index is 0.493. The zero-order chi connectivity index (χ0) is 11.5. The number of hydrogen-bond donors (Lipinski definition) is 1. The minimum atomic E-state index is 0.493. The van der Waals surface area contributed by atoms with Gasteiger partial charge in [0.25, 0.3) is 0 Å². The van der Waals surface area contributed by atoms with Gasteiger partial charge in [0.05, 0.1) is 0 Å². The van der Waals surface area contributed by atoms with Crippen LogP contribution in [0.5, 0.6) is 0 Å². The lowest BCUT2D eigenvalue weighted by molar-refractivity contribution is 0.569. The zero-order valence-electron chi connectivity index (χ0n) is 9.70. The maximum atomic E-state index is 6.04. The number of halogens is 1. The number of nitrogens with one attached hydrogen (secondary N) is 1. The average molecular weight is 241 g/mol. The topological polar surface area (TPSA) is 41.1 Å². The van der Waals surface area contributed by atoms with Gasteiger partial charge in [0.15, 0.2) is 11.0 Å². The molecule has 0 saturated carbocycles. The monoisotopic (exact) mass is 240 g/mol. The van der Waals surface area contributed by atoms with Gasteiger partial charge >= 0.3 is 0 Å². The van der Waals surface area contributed by atoms with Crippen LogP contribution in [0.2, 0.25) is 5.15 Å². The second-order valence-electron chi connectivity index (χ2n) is 4.12. The van der Waals surface area contributed by atoms with Crippen LogP contribution in [-0.2, 0) is 0 Å². The molecule has 1 aliphatic heterocycles. The van der Waals surface area contributed by atoms with E-state index in [4.69, 9.17) is 11.6 Å². The summed E-state index contributed by atoms with van der Waals surface area (Å²) in [4.78, 5) is 10.6. The predicted octanol–water partition coefficient (Wildman–Crippen LogP) is 2.41. The highest BCUT2D eigenvalue weighted by Crippen LogP contribution is 2.32. The van der Waals surface area contributed by atoms with E-state index in [0.29, 0.717) is 5.15 Å². The summed E-state index contributed by atoms with van der Waals surface area (Å²) in [7, 11) is 1.85. The lowest BCUT2D eigenvalue weighted by Crippen LogP contribution is -2.22. The van der Waals surface area contributed by atoms with Crippen molar-refractivity contribution in [3.05, 3.63) is 11.5 Å². The van der Waals surface area contributed by atoms with Crippen molar-refractivity contribution in [2.24, 2.45) is 5.92 Å². The van der Waals surface area contributed by atoms with E-state index < -0.39 is 0 Å². The SMILES string of the molecule is CCC1CCN(c2ncnc(Cl)c2NC)C1. The highest BCUT2D eigenvalue weighted by atomic mass is 35.5. The molecule has 2 heterocycles. The van der Waals surface area contributed by atoms with Gasteiger partial charge in [0.2, 0.25) is 0 Å². The Kier molecular flexibility index (Phi) is 3.49. The lowest BCUT2D eigenvalue weighted by Gasteiger charge is -2.20. The zero-order valence-corrected chi connectivity index (χ0v) is 10.5. The van der Waals surface area contributed by atoms with Crippen LogP contribution < -0.4 is 10.2 Å². The van der Waals surface area contributed by atoms with Crippen LogP contribution >= 0.6 is 11.6 Å². The van der Waals surface area contributed by atoms with Crippen molar-refractivity contribution in [1.82, 2.24) is 9.97 Å². The Balaban J connectivity index is 2.24. The van der Waals surface area contributed by atoms with Gasteiger partial charge in [-0.25, -0.2) is 9.97 Å². The molecule has 5 heteroatoms. The fourth-order valence-electron chi connectivity index (χ4n) is 2.17. The Bertz CT molecular complexity index is 369. The molecule has 1 N–H and O–H groups in total. The van der Waals surface area contributed by atoms with Gasteiger partial charge in [-0.15, -0.1) is 0 Å². The summed E-state index contributed by atoms with van der Waals surface area (Å²) in [6, 6.07) is 0. The minimum Gasteiger partial charge on any atom is -0.383 e. The molecule has 1 aromatic rings. The molecule has 1 fully saturated rings. The van der Waals surface area contributed by atoms with E-state index in [1.807, 2.05) is 7.05 Å². The third-order valence-electron chi connectivity index (χ3n) is 3.19. The number of aromatic nitrogens is 2. The molecule has 4 nitrogen and oxygen atoms in total. The van der Waals surface area contributed by atoms with Crippen molar-refractivity contribution in [3.8, 4) is 0 Å². The first-order valence-corrected chi connectivity index (χ1v) is 6.07. The largest absolute Gasteiger partial charge is 0.383 e. The van der Waals surface area contributed by atoms with E-state index in [2.05, 4.69) is 27.1 Å². The molecule has 1 atom stereocenters. The molecule has 1 aliphatic rings. The quantitative estimate of drug-likeness (QED) is 0.824. The molecule has 0 radical (unpaired) electrons. The Morgan fingerprint density at radius 3 is 3.00 bits per heavy atom. The fourth-order valence-corrected chi connectivity index (χ4v) is 2.39. The van der Waals surface area contributed by atoms with Crippen molar-refractivity contribution in [2.75, 3.05) is 30.4 Å². The Morgan fingerprint density at radius 1 is 1.56 bits per heavy atom. The molecule has 2 rings (SSSR count). The first-order chi connectivity index (χ1) is 7.76. The van der Waals surface area contributed by atoms with Gasteiger partial charge in [-0.1, -0.05) is 24.9 Å². The highest BCUT2D eigenvalue weighted by Gasteiger charge is 2.24. The molecule has 16 heavy (non-hydrogen) atoms. The van der Waals surface area contributed by atoms with Crippen LogP contribution in [0.15, 0.2) is 6.33 Å². The van der Waals surface area contributed by atoms with E-state index in [1.165, 1.54) is 19.2 Å². The van der Waals surface area contributed by atoms with E-state index in [-0.39, 0.29) is 0 Å². The molecular formula is C11H17ClN4. The van der Waals surface area contributed by atoms with E-state index in [9.17, 15) is 0 Å². The number of hydrogen-bond acceptors (Lipinski definition) is 4. The van der Waals surface area contributed by atoms with Gasteiger partial charge in [-0.05, 0) is 12.3 Å². The van der Waals surface area contributed by atoms with Crippen LogP contribution in [0.4, 0.5) is 11.5 Å². The summed E-state index contributed by atoms with van der Waals surface area (Å²) in [5, 5.41) is 3.57. The molecule has 0 spiro atoms. The first-order valence-electron chi connectivity index (χ1n) is 5.69. The van der Waals surface area contributed by atoms with Crippen LogP contribution in [-0.4, -0.2) is 30.1 Å². The first kappa shape index (κ1) is 11.5. The highest BCUT2D eigenvalue weighted by molar-refractivity contribution is 6.32. The molecule has 0 aromatic carbocycles. The van der Waals surface area contributed by atoms with Crippen LogP contribution in [0.3, 0.4) is 0 Å². The predicted molar refractivity (Wildman–Crippen MR) is 67.2 cm³/mol. The molecule has 88 valence electrons. The molecule has 0 aliphatic carbocycles. The van der Waals surface area contributed by atoms with Crippen molar-refractivity contribution in [2.45, 2.75) is 19.8 Å². The maximum Gasteiger partial charge on any atom is 0.157 e.